The van der Waals surface area contributed by atoms with Crippen molar-refractivity contribution in [3.63, 3.8) is 0 Å². The Morgan fingerprint density at radius 3 is 2.67 bits per heavy atom. The first kappa shape index (κ1) is 23.7. The summed E-state index contributed by atoms with van der Waals surface area (Å²) in [6.45, 7) is 4.49. The number of nitrogens with one attached hydrogen (secondary N) is 2. The topological polar surface area (TPSA) is 89.5 Å². The average Bonchev–Trinajstić information content (AvgIpc) is 2.76. The van der Waals surface area contributed by atoms with Gasteiger partial charge in [-0.2, -0.15) is 0 Å². The molecule has 172 valence electrons. The molecule has 7 nitrogen and oxygen atoms in total. The van der Waals surface area contributed by atoms with Crippen LogP contribution in [0.5, 0.6) is 17.2 Å². The Labute approximate surface area is 192 Å². The highest BCUT2D eigenvalue weighted by atomic mass is 19.1. The number of anilines is 1. The van der Waals surface area contributed by atoms with Gasteiger partial charge in [0.2, 0.25) is 5.91 Å². The molecule has 0 saturated carbocycles. The average molecular weight is 451 g/mol. The standard InChI is InChI=1S/C25H26FN3O4/c1-3-4-12-32-20-7-5-6-18(14-20)15-24(30)29-25(31)28-19-8-9-23(22(26)16-19)33-21-10-11-27-17(2)13-21/h5-11,13-14,16H,3-4,12,15H2,1-2H3,(H2,28,29,30,31). The van der Waals surface area contributed by atoms with Gasteiger partial charge in [-0.15, -0.1) is 0 Å². The number of halogens is 1. The Morgan fingerprint density at radius 2 is 1.91 bits per heavy atom. The van der Waals surface area contributed by atoms with E-state index in [-0.39, 0.29) is 17.9 Å². The summed E-state index contributed by atoms with van der Waals surface area (Å²) in [7, 11) is 0. The van der Waals surface area contributed by atoms with Gasteiger partial charge in [-0.1, -0.05) is 25.5 Å². The van der Waals surface area contributed by atoms with E-state index in [1.54, 1.807) is 43.5 Å². The second-order valence-electron chi connectivity index (χ2n) is 7.41. The molecule has 0 fully saturated rings. The van der Waals surface area contributed by atoms with Crippen LogP contribution in [0.2, 0.25) is 0 Å². The summed E-state index contributed by atoms with van der Waals surface area (Å²) in [6.07, 6.45) is 3.55. The summed E-state index contributed by atoms with van der Waals surface area (Å²) in [5.41, 5.74) is 1.64. The maximum atomic E-state index is 14.4. The van der Waals surface area contributed by atoms with Crippen molar-refractivity contribution in [2.45, 2.75) is 33.1 Å². The quantitative estimate of drug-likeness (QED) is 0.426. The van der Waals surface area contributed by atoms with E-state index in [2.05, 4.69) is 22.5 Å². The molecule has 0 saturated heterocycles. The lowest BCUT2D eigenvalue weighted by atomic mass is 10.1. The number of hydrogen-bond donors (Lipinski definition) is 2. The van der Waals surface area contributed by atoms with Crippen molar-refractivity contribution in [2.75, 3.05) is 11.9 Å². The van der Waals surface area contributed by atoms with Gasteiger partial charge in [-0.3, -0.25) is 15.1 Å². The third-order valence-corrected chi connectivity index (χ3v) is 4.57. The Hall–Kier alpha value is -3.94. The number of hydrogen-bond acceptors (Lipinski definition) is 5. The first-order valence-corrected chi connectivity index (χ1v) is 10.7. The number of aryl methyl sites for hydroxylation is 1. The van der Waals surface area contributed by atoms with Gasteiger partial charge in [0.25, 0.3) is 0 Å². The first-order chi connectivity index (χ1) is 15.9. The molecule has 0 bridgehead atoms. The molecule has 1 aromatic heterocycles. The van der Waals surface area contributed by atoms with Gasteiger partial charge in [-0.25, -0.2) is 9.18 Å². The summed E-state index contributed by atoms with van der Waals surface area (Å²) in [6, 6.07) is 13.7. The SMILES string of the molecule is CCCCOc1cccc(CC(=O)NC(=O)Nc2ccc(Oc3ccnc(C)c3)c(F)c2)c1. The minimum Gasteiger partial charge on any atom is -0.494 e. The van der Waals surface area contributed by atoms with Gasteiger partial charge >= 0.3 is 6.03 Å². The second kappa shape index (κ2) is 11.6. The highest BCUT2D eigenvalue weighted by Crippen LogP contribution is 2.26. The highest BCUT2D eigenvalue weighted by molar-refractivity contribution is 6.01. The molecule has 33 heavy (non-hydrogen) atoms. The molecular formula is C25H26FN3O4. The summed E-state index contributed by atoms with van der Waals surface area (Å²) in [5.74, 6) is -0.0213. The maximum absolute atomic E-state index is 14.4. The lowest BCUT2D eigenvalue weighted by Crippen LogP contribution is -2.35. The number of urea groups is 1. The number of pyridine rings is 1. The highest BCUT2D eigenvalue weighted by Gasteiger charge is 2.12. The molecular weight excluding hydrogens is 425 g/mol. The number of imide groups is 1. The summed E-state index contributed by atoms with van der Waals surface area (Å²) < 4.78 is 25.5. The van der Waals surface area contributed by atoms with Crippen LogP contribution in [-0.2, 0) is 11.2 Å². The molecule has 1 heterocycles. The number of unbranched alkanes of at least 4 members (excludes halogenated alkanes) is 1. The maximum Gasteiger partial charge on any atom is 0.325 e. The van der Waals surface area contributed by atoms with Crippen LogP contribution in [0.15, 0.2) is 60.8 Å². The minimum atomic E-state index is -0.756. The number of amides is 3. The van der Waals surface area contributed by atoms with Crippen molar-refractivity contribution >= 4 is 17.6 Å². The van der Waals surface area contributed by atoms with Crippen LogP contribution in [0.4, 0.5) is 14.9 Å². The Bertz CT molecular complexity index is 1120. The van der Waals surface area contributed by atoms with Crippen LogP contribution in [0.1, 0.15) is 31.0 Å². The van der Waals surface area contributed by atoms with Crippen molar-refractivity contribution in [1.29, 1.82) is 0 Å². The van der Waals surface area contributed by atoms with Crippen LogP contribution < -0.4 is 20.1 Å². The van der Waals surface area contributed by atoms with Crippen molar-refractivity contribution in [2.24, 2.45) is 0 Å². The fourth-order valence-corrected chi connectivity index (χ4v) is 2.97. The predicted molar refractivity (Wildman–Crippen MR) is 123 cm³/mol. The molecule has 0 spiro atoms. The molecule has 2 N–H and O–H groups in total. The van der Waals surface area contributed by atoms with Crippen LogP contribution in [0, 0.1) is 12.7 Å². The second-order valence-corrected chi connectivity index (χ2v) is 7.41. The van der Waals surface area contributed by atoms with Crippen LogP contribution in [0.3, 0.4) is 0 Å². The van der Waals surface area contributed by atoms with Gasteiger partial charge in [0, 0.05) is 29.7 Å². The number of carbonyl (C=O) groups excluding carboxylic acids is 2. The van der Waals surface area contributed by atoms with E-state index < -0.39 is 17.8 Å². The summed E-state index contributed by atoms with van der Waals surface area (Å²) in [4.78, 5) is 28.4. The Balaban J connectivity index is 1.52. The smallest absolute Gasteiger partial charge is 0.325 e. The molecule has 0 aliphatic heterocycles. The van der Waals surface area contributed by atoms with E-state index in [9.17, 15) is 14.0 Å². The van der Waals surface area contributed by atoms with Crippen LogP contribution >= 0.6 is 0 Å². The van der Waals surface area contributed by atoms with Crippen molar-refractivity contribution in [1.82, 2.24) is 10.3 Å². The number of ether oxygens (including phenoxy) is 2. The van der Waals surface area contributed by atoms with Crippen molar-refractivity contribution in [3.8, 4) is 17.2 Å². The molecule has 0 aliphatic rings. The molecule has 8 heteroatoms. The molecule has 3 aromatic rings. The molecule has 0 aliphatic carbocycles. The summed E-state index contributed by atoms with van der Waals surface area (Å²) in [5, 5.41) is 4.68. The predicted octanol–water partition coefficient (Wildman–Crippen LogP) is 5.39. The Morgan fingerprint density at radius 1 is 1.06 bits per heavy atom. The molecule has 0 atom stereocenters. The third-order valence-electron chi connectivity index (χ3n) is 4.57. The molecule has 0 unspecified atom stereocenters. The fraction of sp³-hybridized carbons (Fsp3) is 0.240. The number of benzene rings is 2. The molecule has 3 rings (SSSR count). The minimum absolute atomic E-state index is 0.00340. The van der Waals surface area contributed by atoms with E-state index in [1.165, 1.54) is 12.1 Å². The van der Waals surface area contributed by atoms with Crippen molar-refractivity contribution < 1.29 is 23.5 Å². The Kier molecular flexibility index (Phi) is 8.35. The van der Waals surface area contributed by atoms with Gasteiger partial charge in [-0.05, 0) is 49.2 Å². The zero-order valence-corrected chi connectivity index (χ0v) is 18.6. The zero-order chi connectivity index (χ0) is 23.6. The fourth-order valence-electron chi connectivity index (χ4n) is 2.97. The first-order valence-electron chi connectivity index (χ1n) is 10.7. The van der Waals surface area contributed by atoms with E-state index in [1.807, 2.05) is 6.07 Å². The van der Waals surface area contributed by atoms with Crippen LogP contribution in [0.25, 0.3) is 0 Å². The lowest BCUT2D eigenvalue weighted by molar-refractivity contribution is -0.119. The number of nitrogens with zero attached hydrogens (tertiary/aromatic N) is 1. The van der Waals surface area contributed by atoms with Gasteiger partial charge < -0.3 is 14.8 Å². The zero-order valence-electron chi connectivity index (χ0n) is 18.6. The number of aromatic nitrogens is 1. The van der Waals surface area contributed by atoms with Crippen LogP contribution in [-0.4, -0.2) is 23.5 Å². The lowest BCUT2D eigenvalue weighted by Gasteiger charge is -2.10. The van der Waals surface area contributed by atoms with Gasteiger partial charge in [0.1, 0.15) is 11.5 Å². The monoisotopic (exact) mass is 451 g/mol. The van der Waals surface area contributed by atoms with E-state index in [4.69, 9.17) is 9.47 Å². The van der Waals surface area contributed by atoms with Crippen molar-refractivity contribution in [3.05, 3.63) is 77.9 Å². The van der Waals surface area contributed by atoms with E-state index in [0.717, 1.165) is 24.6 Å². The normalized spacial score (nSPS) is 10.4. The number of rotatable bonds is 9. The largest absolute Gasteiger partial charge is 0.494 e. The molecule has 0 radical (unpaired) electrons. The summed E-state index contributed by atoms with van der Waals surface area (Å²) >= 11 is 0. The third kappa shape index (κ3) is 7.60. The van der Waals surface area contributed by atoms with Gasteiger partial charge in [0.05, 0.1) is 13.0 Å². The number of carbonyl (C=O) groups is 2. The molecule has 3 amide bonds. The van der Waals surface area contributed by atoms with E-state index in [0.29, 0.717) is 23.7 Å². The molecule has 2 aromatic carbocycles. The van der Waals surface area contributed by atoms with Gasteiger partial charge in [0.15, 0.2) is 11.6 Å². The van der Waals surface area contributed by atoms with E-state index >= 15 is 0 Å².